The van der Waals surface area contributed by atoms with Gasteiger partial charge in [0.15, 0.2) is 5.82 Å². The SMILES string of the molecule is COc1cc(Nc2nn(C3(CC#N)CCN(C(=O)OC(C)(C)C)CC3)cc2C(N)=O)ccn1. The number of nitrogens with zero attached hydrogens (tertiary/aromatic N) is 5. The zero-order chi connectivity index (χ0) is 24.2. The fourth-order valence-corrected chi connectivity index (χ4v) is 3.69. The summed E-state index contributed by atoms with van der Waals surface area (Å²) < 4.78 is 12.2. The highest BCUT2D eigenvalue weighted by molar-refractivity contribution is 5.98. The van der Waals surface area contributed by atoms with Crippen LogP contribution in [0.5, 0.6) is 5.88 Å². The van der Waals surface area contributed by atoms with Crippen molar-refractivity contribution in [1.82, 2.24) is 19.7 Å². The third-order valence-corrected chi connectivity index (χ3v) is 5.43. The van der Waals surface area contributed by atoms with Crippen LogP contribution >= 0.6 is 0 Å². The zero-order valence-corrected chi connectivity index (χ0v) is 19.3. The Morgan fingerprint density at radius 3 is 2.61 bits per heavy atom. The van der Waals surface area contributed by atoms with E-state index in [1.807, 2.05) is 20.8 Å². The van der Waals surface area contributed by atoms with Crippen LogP contribution in [0.4, 0.5) is 16.3 Å². The molecule has 0 atom stereocenters. The summed E-state index contributed by atoms with van der Waals surface area (Å²) in [6.45, 7) is 6.24. The van der Waals surface area contributed by atoms with E-state index in [2.05, 4.69) is 21.5 Å². The van der Waals surface area contributed by atoms with Crippen molar-refractivity contribution >= 4 is 23.5 Å². The van der Waals surface area contributed by atoms with Gasteiger partial charge in [0.2, 0.25) is 5.88 Å². The molecule has 176 valence electrons. The number of nitriles is 1. The normalized spacial score (nSPS) is 15.4. The fourth-order valence-electron chi connectivity index (χ4n) is 3.69. The second-order valence-electron chi connectivity index (χ2n) is 8.94. The lowest BCUT2D eigenvalue weighted by atomic mass is 9.85. The van der Waals surface area contributed by atoms with E-state index in [0.717, 1.165) is 0 Å². The summed E-state index contributed by atoms with van der Waals surface area (Å²) in [5.41, 5.74) is 5.13. The van der Waals surface area contributed by atoms with Gasteiger partial charge in [0, 0.05) is 37.2 Å². The van der Waals surface area contributed by atoms with Crippen LogP contribution in [0.15, 0.2) is 24.5 Å². The third kappa shape index (κ3) is 5.52. The maximum Gasteiger partial charge on any atom is 0.410 e. The van der Waals surface area contributed by atoms with Crippen LogP contribution in [0.3, 0.4) is 0 Å². The molecular formula is C22H29N7O4. The summed E-state index contributed by atoms with van der Waals surface area (Å²) in [6.07, 6.45) is 3.84. The van der Waals surface area contributed by atoms with E-state index in [0.29, 0.717) is 37.5 Å². The molecule has 0 unspecified atom stereocenters. The molecule has 0 bridgehead atoms. The molecule has 3 N–H and O–H groups in total. The van der Waals surface area contributed by atoms with Gasteiger partial charge in [-0.05, 0) is 39.7 Å². The Labute approximate surface area is 192 Å². The lowest BCUT2D eigenvalue weighted by molar-refractivity contribution is 0.0105. The molecule has 0 radical (unpaired) electrons. The second-order valence-corrected chi connectivity index (χ2v) is 8.94. The van der Waals surface area contributed by atoms with Crippen LogP contribution in [0.25, 0.3) is 0 Å². The van der Waals surface area contributed by atoms with E-state index >= 15 is 0 Å². The predicted octanol–water partition coefficient (Wildman–Crippen LogP) is 2.77. The number of nitrogens with two attached hydrogens (primary N) is 1. The number of piperidine rings is 1. The van der Waals surface area contributed by atoms with Gasteiger partial charge < -0.3 is 25.4 Å². The van der Waals surface area contributed by atoms with Crippen LogP contribution in [0, 0.1) is 11.3 Å². The Kier molecular flexibility index (Phi) is 6.76. The molecule has 0 aliphatic carbocycles. The van der Waals surface area contributed by atoms with Gasteiger partial charge in [0.25, 0.3) is 5.91 Å². The Morgan fingerprint density at radius 2 is 2.03 bits per heavy atom. The first kappa shape index (κ1) is 23.8. The molecule has 1 aliphatic rings. The van der Waals surface area contributed by atoms with Crippen molar-refractivity contribution in [2.24, 2.45) is 5.73 Å². The van der Waals surface area contributed by atoms with Gasteiger partial charge >= 0.3 is 6.09 Å². The number of ether oxygens (including phenoxy) is 2. The lowest BCUT2D eigenvalue weighted by Crippen LogP contribution is -2.49. The monoisotopic (exact) mass is 455 g/mol. The number of aromatic nitrogens is 3. The maximum absolute atomic E-state index is 12.5. The largest absolute Gasteiger partial charge is 0.481 e. The highest BCUT2D eigenvalue weighted by atomic mass is 16.6. The predicted molar refractivity (Wildman–Crippen MR) is 120 cm³/mol. The van der Waals surface area contributed by atoms with Gasteiger partial charge in [-0.15, -0.1) is 0 Å². The Morgan fingerprint density at radius 1 is 1.33 bits per heavy atom. The first-order valence-electron chi connectivity index (χ1n) is 10.6. The van der Waals surface area contributed by atoms with Gasteiger partial charge in [0.05, 0.1) is 25.1 Å². The molecule has 0 aromatic carbocycles. The summed E-state index contributed by atoms with van der Waals surface area (Å²) in [6, 6.07) is 5.59. The highest BCUT2D eigenvalue weighted by Gasteiger charge is 2.40. The van der Waals surface area contributed by atoms with Gasteiger partial charge in [-0.3, -0.25) is 9.48 Å². The van der Waals surface area contributed by atoms with Crippen molar-refractivity contribution in [3.63, 3.8) is 0 Å². The minimum Gasteiger partial charge on any atom is -0.481 e. The van der Waals surface area contributed by atoms with E-state index in [1.54, 1.807) is 34.1 Å². The minimum atomic E-state index is -0.687. The quantitative estimate of drug-likeness (QED) is 0.675. The number of amides is 2. The van der Waals surface area contributed by atoms with Crippen LogP contribution in [0.1, 0.15) is 50.4 Å². The molecule has 1 fully saturated rings. The number of hydrogen-bond donors (Lipinski definition) is 2. The van der Waals surface area contributed by atoms with Gasteiger partial charge in [0.1, 0.15) is 11.2 Å². The minimum absolute atomic E-state index is 0.164. The molecule has 0 spiro atoms. The van der Waals surface area contributed by atoms with Gasteiger partial charge in [-0.25, -0.2) is 9.78 Å². The fraction of sp³-hybridized carbons (Fsp3) is 0.500. The molecule has 3 heterocycles. The first-order chi connectivity index (χ1) is 15.6. The number of likely N-dealkylation sites (tertiary alicyclic amines) is 1. The number of primary amides is 1. The third-order valence-electron chi connectivity index (χ3n) is 5.43. The number of anilines is 2. The number of carbonyl (C=O) groups is 2. The number of methoxy groups -OCH3 is 1. The molecule has 2 aromatic rings. The first-order valence-corrected chi connectivity index (χ1v) is 10.6. The van der Waals surface area contributed by atoms with Crippen molar-refractivity contribution < 1.29 is 19.1 Å². The van der Waals surface area contributed by atoms with Crippen LogP contribution in [0.2, 0.25) is 0 Å². The summed E-state index contributed by atoms with van der Waals surface area (Å²) in [5, 5.41) is 17.2. The molecule has 0 saturated carbocycles. The molecule has 11 nitrogen and oxygen atoms in total. The Hall–Kier alpha value is -3.81. The standard InChI is InChI=1S/C22H29N7O4/c1-21(2,3)33-20(31)28-11-7-22(6-9-23,8-12-28)29-14-16(18(24)30)19(27-29)26-15-5-10-25-17(13-15)32-4/h5,10,13-14H,6-8,11-12H2,1-4H3,(H2,24,30)(H,25,26,27). The molecule has 2 aromatic heterocycles. The van der Waals surface area contributed by atoms with Crippen molar-refractivity contribution in [1.29, 1.82) is 5.26 Å². The summed E-state index contributed by atoms with van der Waals surface area (Å²) in [4.78, 5) is 30.3. The molecule has 11 heteroatoms. The Balaban J connectivity index is 1.86. The molecule has 1 aliphatic heterocycles. The number of carbonyl (C=O) groups excluding carboxylic acids is 2. The summed E-state index contributed by atoms with van der Waals surface area (Å²) in [5.74, 6) is 0.0150. The number of hydrogen-bond acceptors (Lipinski definition) is 8. The Bertz CT molecular complexity index is 1060. The van der Waals surface area contributed by atoms with Crippen molar-refractivity contribution in [2.45, 2.75) is 51.2 Å². The number of rotatable bonds is 6. The van der Waals surface area contributed by atoms with Crippen molar-refractivity contribution in [2.75, 3.05) is 25.5 Å². The summed E-state index contributed by atoms with van der Waals surface area (Å²) >= 11 is 0. The lowest BCUT2D eigenvalue weighted by Gasteiger charge is -2.40. The maximum atomic E-state index is 12.5. The van der Waals surface area contributed by atoms with Crippen LogP contribution in [-0.2, 0) is 10.3 Å². The molecular weight excluding hydrogens is 426 g/mol. The molecule has 33 heavy (non-hydrogen) atoms. The number of nitrogens with one attached hydrogen (secondary N) is 1. The van der Waals surface area contributed by atoms with Crippen molar-refractivity contribution in [3.8, 4) is 11.9 Å². The smallest absolute Gasteiger partial charge is 0.410 e. The van der Waals surface area contributed by atoms with Crippen LogP contribution in [-0.4, -0.2) is 57.5 Å². The molecule has 2 amide bonds. The highest BCUT2D eigenvalue weighted by Crippen LogP contribution is 2.35. The topological polar surface area (TPSA) is 148 Å². The average Bonchev–Trinajstić information content (AvgIpc) is 3.18. The zero-order valence-electron chi connectivity index (χ0n) is 19.3. The number of pyridine rings is 1. The van der Waals surface area contributed by atoms with E-state index in [1.165, 1.54) is 7.11 Å². The van der Waals surface area contributed by atoms with E-state index < -0.39 is 17.0 Å². The second kappa shape index (κ2) is 9.36. The molecule has 1 saturated heterocycles. The molecule has 3 rings (SSSR count). The van der Waals surface area contributed by atoms with Crippen LogP contribution < -0.4 is 15.8 Å². The van der Waals surface area contributed by atoms with E-state index in [9.17, 15) is 14.9 Å². The summed E-state index contributed by atoms with van der Waals surface area (Å²) in [7, 11) is 1.50. The average molecular weight is 456 g/mol. The van der Waals surface area contributed by atoms with E-state index in [-0.39, 0.29) is 23.9 Å². The van der Waals surface area contributed by atoms with Gasteiger partial charge in [-0.2, -0.15) is 10.4 Å². The van der Waals surface area contributed by atoms with E-state index in [4.69, 9.17) is 15.2 Å². The van der Waals surface area contributed by atoms with Crippen molar-refractivity contribution in [3.05, 3.63) is 30.1 Å². The van der Waals surface area contributed by atoms with Gasteiger partial charge in [-0.1, -0.05) is 0 Å².